The number of dihydropyridines is 1. The molecule has 0 radical (unpaired) electrons. The van der Waals surface area contributed by atoms with Gasteiger partial charge in [0.05, 0.1) is 18.5 Å². The predicted molar refractivity (Wildman–Crippen MR) is 154 cm³/mol. The molecule has 4 rings (SSSR count). The number of aryl methyl sites for hydroxylation is 1. The summed E-state index contributed by atoms with van der Waals surface area (Å²) in [4.78, 5) is 28.3. The van der Waals surface area contributed by atoms with Gasteiger partial charge >= 0.3 is 0 Å². The third-order valence-corrected chi connectivity index (χ3v) is 6.91. The first-order valence-corrected chi connectivity index (χ1v) is 13.6. The minimum atomic E-state index is -0.240. The molecule has 2 atom stereocenters. The van der Waals surface area contributed by atoms with Crippen LogP contribution in [-0.4, -0.2) is 35.7 Å². The maximum absolute atomic E-state index is 13.1. The summed E-state index contributed by atoms with van der Waals surface area (Å²) in [6.07, 6.45) is 8.56. The van der Waals surface area contributed by atoms with Crippen LogP contribution in [0.25, 0.3) is 0 Å². The molecule has 5 nitrogen and oxygen atoms in total. The number of anilines is 1. The van der Waals surface area contributed by atoms with Gasteiger partial charge in [0.15, 0.2) is 5.78 Å². The van der Waals surface area contributed by atoms with Crippen LogP contribution in [0.3, 0.4) is 0 Å². The zero-order valence-corrected chi connectivity index (χ0v) is 23.4. The number of halogens is 1. The maximum Gasteiger partial charge on any atom is 0.230 e. The molecule has 37 heavy (non-hydrogen) atoms. The second-order valence-electron chi connectivity index (χ2n) is 10.6. The van der Waals surface area contributed by atoms with Gasteiger partial charge in [0.25, 0.3) is 0 Å². The minimum Gasteiger partial charge on any atom is -0.382 e. The highest BCUT2D eigenvalue weighted by Crippen LogP contribution is 2.30. The number of hydrogen-bond acceptors (Lipinski definition) is 4. The van der Waals surface area contributed by atoms with E-state index in [4.69, 9.17) is 11.6 Å². The number of likely N-dealkylation sites (tertiary alicyclic amines) is 1. The molecule has 0 aliphatic carbocycles. The molecule has 0 bridgehead atoms. The zero-order chi connectivity index (χ0) is 27.0. The van der Waals surface area contributed by atoms with E-state index in [-0.39, 0.29) is 23.7 Å². The van der Waals surface area contributed by atoms with Crippen molar-refractivity contribution in [1.29, 1.82) is 0 Å². The van der Waals surface area contributed by atoms with E-state index in [9.17, 15) is 9.59 Å². The molecule has 2 aliphatic rings. The third-order valence-electron chi connectivity index (χ3n) is 6.66. The molecule has 6 heteroatoms. The topological polar surface area (TPSA) is 61.4 Å². The van der Waals surface area contributed by atoms with Crippen LogP contribution in [0, 0.1) is 11.3 Å². The third kappa shape index (κ3) is 7.96. The van der Waals surface area contributed by atoms with Crippen LogP contribution in [0.4, 0.5) is 5.69 Å². The van der Waals surface area contributed by atoms with Gasteiger partial charge in [-0.1, -0.05) is 70.5 Å². The Morgan fingerprint density at radius 1 is 1.05 bits per heavy atom. The number of Topliss-reactive ketones (excluding diaryl/α,β-unsaturated/α-hetero) is 1. The molecule has 1 saturated heterocycles. The van der Waals surface area contributed by atoms with Crippen LogP contribution in [-0.2, 0) is 11.2 Å². The molecule has 0 spiro atoms. The highest BCUT2D eigenvalue weighted by molar-refractivity contribution is 6.30. The van der Waals surface area contributed by atoms with Gasteiger partial charge in [0, 0.05) is 28.5 Å². The second kappa shape index (κ2) is 13.0. The normalized spacial score (nSPS) is 18.5. The van der Waals surface area contributed by atoms with Crippen LogP contribution < -0.4 is 10.6 Å². The molecule has 2 N–H and O–H groups in total. The Balaban J connectivity index is 0.00000186. The van der Waals surface area contributed by atoms with Crippen molar-refractivity contribution in [2.24, 2.45) is 11.3 Å². The number of nitrogens with one attached hydrogen (secondary N) is 2. The van der Waals surface area contributed by atoms with Crippen molar-refractivity contribution in [3.8, 4) is 0 Å². The zero-order valence-electron chi connectivity index (χ0n) is 22.7. The molecule has 198 valence electrons. The Hall–Kier alpha value is -3.05. The van der Waals surface area contributed by atoms with E-state index in [1.165, 1.54) is 5.56 Å². The van der Waals surface area contributed by atoms with Crippen LogP contribution in [0.2, 0.25) is 5.02 Å². The first kappa shape index (κ1) is 28.5. The Morgan fingerprint density at radius 3 is 2.38 bits per heavy atom. The van der Waals surface area contributed by atoms with E-state index in [0.717, 1.165) is 29.8 Å². The Labute approximate surface area is 227 Å². The lowest BCUT2D eigenvalue weighted by Crippen LogP contribution is -2.53. The van der Waals surface area contributed by atoms with E-state index in [0.29, 0.717) is 29.9 Å². The lowest BCUT2D eigenvalue weighted by molar-refractivity contribution is -0.121. The van der Waals surface area contributed by atoms with Crippen molar-refractivity contribution in [3.63, 3.8) is 0 Å². The smallest absolute Gasteiger partial charge is 0.230 e. The SMILES string of the molecule is CC.CC(C)(C)CCc1ccc(C(=O)CN2CCC(C(=O)Nc3ccc(Cl)cc3)C3NC=CC=C32)cc1. The van der Waals surface area contributed by atoms with Crippen LogP contribution in [0.5, 0.6) is 0 Å². The van der Waals surface area contributed by atoms with Crippen LogP contribution in [0.15, 0.2) is 72.6 Å². The molecule has 2 aromatic carbocycles. The number of allylic oxidation sites excluding steroid dienone is 2. The molecular weight excluding hydrogens is 482 g/mol. The number of nitrogens with zero attached hydrogens (tertiary/aromatic N) is 1. The van der Waals surface area contributed by atoms with Crippen molar-refractivity contribution in [2.45, 2.75) is 59.9 Å². The summed E-state index contributed by atoms with van der Waals surface area (Å²) in [7, 11) is 0. The van der Waals surface area contributed by atoms with Gasteiger partial charge in [-0.25, -0.2) is 0 Å². The lowest BCUT2D eigenvalue weighted by atomic mass is 9.86. The molecule has 1 fully saturated rings. The van der Waals surface area contributed by atoms with Gasteiger partial charge in [0.1, 0.15) is 0 Å². The van der Waals surface area contributed by atoms with Crippen molar-refractivity contribution < 1.29 is 9.59 Å². The highest BCUT2D eigenvalue weighted by Gasteiger charge is 2.38. The minimum absolute atomic E-state index is 0.0390. The number of fused-ring (bicyclic) bond motifs is 1. The maximum atomic E-state index is 13.1. The number of ketones is 1. The predicted octanol–water partition coefficient (Wildman–Crippen LogP) is 6.86. The lowest BCUT2D eigenvalue weighted by Gasteiger charge is -2.42. The number of amides is 1. The van der Waals surface area contributed by atoms with E-state index < -0.39 is 0 Å². The van der Waals surface area contributed by atoms with E-state index >= 15 is 0 Å². The van der Waals surface area contributed by atoms with Gasteiger partial charge in [-0.05, 0) is 72.9 Å². The van der Waals surface area contributed by atoms with E-state index in [2.05, 4.69) is 48.4 Å². The number of carbonyl (C=O) groups excluding carboxylic acids is 2. The summed E-state index contributed by atoms with van der Waals surface area (Å²) in [5.41, 5.74) is 3.97. The van der Waals surface area contributed by atoms with Gasteiger partial charge < -0.3 is 15.5 Å². The molecule has 2 unspecified atom stereocenters. The summed E-state index contributed by atoms with van der Waals surface area (Å²) in [6, 6.07) is 15.0. The first-order valence-electron chi connectivity index (χ1n) is 13.3. The standard InChI is InChI=1S/C29H34ClN3O2.C2H6/c1-29(2,3)16-14-20-6-8-21(9-7-20)26(34)19-33-18-15-24(27-25(33)5-4-17-31-27)28(35)32-23-12-10-22(30)11-13-23;1-2/h4-13,17,24,27,31H,14-16,18-19H2,1-3H3,(H,32,35);1-2H3. The van der Waals surface area contributed by atoms with Crippen molar-refractivity contribution in [1.82, 2.24) is 10.2 Å². The molecule has 2 heterocycles. The number of benzene rings is 2. The summed E-state index contributed by atoms with van der Waals surface area (Å²) in [5.74, 6) is -0.191. The molecular formula is C31H40ClN3O2. The van der Waals surface area contributed by atoms with Gasteiger partial charge in [0.2, 0.25) is 5.91 Å². The van der Waals surface area contributed by atoms with E-state index in [1.807, 2.05) is 44.3 Å². The fraction of sp³-hybridized carbons (Fsp3) is 0.419. The fourth-order valence-electron chi connectivity index (χ4n) is 4.57. The summed E-state index contributed by atoms with van der Waals surface area (Å²) >= 11 is 5.96. The summed E-state index contributed by atoms with van der Waals surface area (Å²) in [6.45, 7) is 11.7. The first-order chi connectivity index (χ1) is 17.7. The monoisotopic (exact) mass is 521 g/mol. The Kier molecular flexibility index (Phi) is 9.99. The number of hydrogen-bond donors (Lipinski definition) is 2. The molecule has 1 amide bonds. The van der Waals surface area contributed by atoms with Gasteiger partial charge in [-0.15, -0.1) is 0 Å². The number of rotatable bonds is 7. The molecule has 2 aliphatic heterocycles. The number of carbonyl (C=O) groups is 2. The van der Waals surface area contributed by atoms with Crippen LogP contribution >= 0.6 is 11.6 Å². The Morgan fingerprint density at radius 2 is 1.73 bits per heavy atom. The van der Waals surface area contributed by atoms with Crippen molar-refractivity contribution in [3.05, 3.63) is 88.7 Å². The highest BCUT2D eigenvalue weighted by atomic mass is 35.5. The average Bonchev–Trinajstić information content (AvgIpc) is 2.90. The Bertz CT molecular complexity index is 1110. The number of piperidine rings is 1. The van der Waals surface area contributed by atoms with Crippen LogP contribution in [0.1, 0.15) is 63.4 Å². The van der Waals surface area contributed by atoms with Crippen molar-refractivity contribution in [2.75, 3.05) is 18.4 Å². The van der Waals surface area contributed by atoms with E-state index in [1.54, 1.807) is 24.3 Å². The largest absolute Gasteiger partial charge is 0.382 e. The summed E-state index contributed by atoms with van der Waals surface area (Å²) in [5, 5.41) is 6.97. The molecule has 2 aromatic rings. The molecule has 0 aromatic heterocycles. The summed E-state index contributed by atoms with van der Waals surface area (Å²) < 4.78 is 0. The van der Waals surface area contributed by atoms with Gasteiger partial charge in [-0.3, -0.25) is 9.59 Å². The average molecular weight is 522 g/mol. The fourth-order valence-corrected chi connectivity index (χ4v) is 4.70. The quantitative estimate of drug-likeness (QED) is 0.391. The van der Waals surface area contributed by atoms with Gasteiger partial charge in [-0.2, -0.15) is 0 Å². The second-order valence-corrected chi connectivity index (χ2v) is 11.0. The van der Waals surface area contributed by atoms with Crippen molar-refractivity contribution >= 4 is 29.0 Å². The molecule has 0 saturated carbocycles.